The van der Waals surface area contributed by atoms with Crippen molar-refractivity contribution in [2.45, 2.75) is 19.4 Å². The van der Waals surface area contributed by atoms with Gasteiger partial charge in [-0.1, -0.05) is 0 Å². The molecule has 0 fully saturated rings. The van der Waals surface area contributed by atoms with Crippen molar-refractivity contribution in [1.29, 1.82) is 0 Å². The molecule has 5 heteroatoms. The van der Waals surface area contributed by atoms with E-state index < -0.39 is 5.54 Å². The summed E-state index contributed by atoms with van der Waals surface area (Å²) in [4.78, 5) is 22.6. The summed E-state index contributed by atoms with van der Waals surface area (Å²) >= 11 is 0. The topological polar surface area (TPSA) is 64.6 Å². The summed E-state index contributed by atoms with van der Waals surface area (Å²) in [5.74, 6) is 0.846. The maximum absolute atomic E-state index is 11.9. The molecular weight excluding hydrogens is 222 g/mol. The highest BCUT2D eigenvalue weighted by atomic mass is 16.7. The molecule has 1 amide bonds. The number of amides is 1. The van der Waals surface area contributed by atoms with Crippen molar-refractivity contribution in [3.05, 3.63) is 23.8 Å². The highest BCUT2D eigenvalue weighted by Gasteiger charge is 2.22. The Morgan fingerprint density at radius 3 is 2.76 bits per heavy atom. The monoisotopic (exact) mass is 235 g/mol. The van der Waals surface area contributed by atoms with Crippen LogP contribution in [0.2, 0.25) is 0 Å². The van der Waals surface area contributed by atoms with Gasteiger partial charge in [0.15, 0.2) is 11.5 Å². The predicted molar refractivity (Wildman–Crippen MR) is 60.2 cm³/mol. The molecule has 0 saturated heterocycles. The van der Waals surface area contributed by atoms with Crippen molar-refractivity contribution in [2.24, 2.45) is 0 Å². The maximum atomic E-state index is 11.9. The molecule has 0 atom stereocenters. The third kappa shape index (κ3) is 2.38. The number of rotatable bonds is 3. The number of hydrogen-bond acceptors (Lipinski definition) is 4. The molecule has 1 aliphatic rings. The molecule has 17 heavy (non-hydrogen) atoms. The van der Waals surface area contributed by atoms with Crippen molar-refractivity contribution < 1.29 is 19.1 Å². The number of benzene rings is 1. The Morgan fingerprint density at radius 2 is 2.06 bits per heavy atom. The molecule has 90 valence electrons. The van der Waals surface area contributed by atoms with Crippen LogP contribution in [0.15, 0.2) is 18.2 Å². The van der Waals surface area contributed by atoms with Gasteiger partial charge >= 0.3 is 0 Å². The standard InChI is InChI=1S/C12H13NO4/c1-12(2,6-14)13-11(15)8-3-4-9-10(5-8)17-7-16-9/h3-6H,7H2,1-2H3,(H,13,15). The molecule has 1 aliphatic heterocycles. The molecule has 1 N–H and O–H groups in total. The number of carbonyl (C=O) groups is 2. The summed E-state index contributed by atoms with van der Waals surface area (Å²) in [7, 11) is 0. The Morgan fingerprint density at radius 1 is 1.35 bits per heavy atom. The summed E-state index contributed by atoms with van der Waals surface area (Å²) in [6.45, 7) is 3.43. The zero-order valence-electron chi connectivity index (χ0n) is 9.65. The predicted octanol–water partition coefficient (Wildman–Crippen LogP) is 1.12. The van der Waals surface area contributed by atoms with E-state index >= 15 is 0 Å². The molecule has 0 unspecified atom stereocenters. The van der Waals surface area contributed by atoms with Crippen molar-refractivity contribution in [2.75, 3.05) is 6.79 Å². The fourth-order valence-electron chi connectivity index (χ4n) is 1.43. The quantitative estimate of drug-likeness (QED) is 0.797. The third-order valence-corrected chi connectivity index (χ3v) is 2.37. The Kier molecular flexibility index (Phi) is 2.75. The average molecular weight is 235 g/mol. The van der Waals surface area contributed by atoms with Gasteiger partial charge in [-0.25, -0.2) is 0 Å². The first-order chi connectivity index (χ1) is 8.02. The van der Waals surface area contributed by atoms with E-state index in [0.717, 1.165) is 0 Å². The lowest BCUT2D eigenvalue weighted by Crippen LogP contribution is -2.44. The summed E-state index contributed by atoms with van der Waals surface area (Å²) in [5, 5.41) is 2.61. The Hall–Kier alpha value is -2.04. The van der Waals surface area contributed by atoms with Gasteiger partial charge in [-0.15, -0.1) is 0 Å². The molecule has 2 rings (SSSR count). The zero-order chi connectivity index (χ0) is 12.5. The van der Waals surface area contributed by atoms with Crippen molar-refractivity contribution in [1.82, 2.24) is 5.32 Å². The Balaban J connectivity index is 2.18. The minimum absolute atomic E-state index is 0.167. The van der Waals surface area contributed by atoms with Gasteiger partial charge in [0.1, 0.15) is 6.29 Å². The van der Waals surface area contributed by atoms with Crippen LogP contribution in [0.3, 0.4) is 0 Å². The molecule has 1 heterocycles. The number of hydrogen-bond donors (Lipinski definition) is 1. The van der Waals surface area contributed by atoms with Crippen LogP contribution < -0.4 is 14.8 Å². The first-order valence-corrected chi connectivity index (χ1v) is 5.20. The van der Waals surface area contributed by atoms with E-state index in [1.807, 2.05) is 0 Å². The van der Waals surface area contributed by atoms with Gasteiger partial charge < -0.3 is 19.6 Å². The van der Waals surface area contributed by atoms with Crippen LogP contribution in [0, 0.1) is 0 Å². The fourth-order valence-corrected chi connectivity index (χ4v) is 1.43. The van der Waals surface area contributed by atoms with E-state index in [0.29, 0.717) is 23.3 Å². The second-order valence-electron chi connectivity index (χ2n) is 4.36. The molecule has 0 saturated carbocycles. The van der Waals surface area contributed by atoms with Gasteiger partial charge in [0.05, 0.1) is 5.54 Å². The number of aldehydes is 1. The summed E-state index contributed by atoms with van der Waals surface area (Å²) in [6, 6.07) is 4.90. The minimum atomic E-state index is -0.881. The van der Waals surface area contributed by atoms with E-state index in [1.54, 1.807) is 32.0 Å². The van der Waals surface area contributed by atoms with Crippen LogP contribution >= 0.6 is 0 Å². The second-order valence-corrected chi connectivity index (χ2v) is 4.36. The molecule has 5 nitrogen and oxygen atoms in total. The zero-order valence-corrected chi connectivity index (χ0v) is 9.65. The lowest BCUT2D eigenvalue weighted by molar-refractivity contribution is -0.112. The van der Waals surface area contributed by atoms with E-state index in [9.17, 15) is 9.59 Å². The smallest absolute Gasteiger partial charge is 0.252 e. The van der Waals surface area contributed by atoms with Gasteiger partial charge in [-0.05, 0) is 32.0 Å². The number of nitrogens with one attached hydrogen (secondary N) is 1. The van der Waals surface area contributed by atoms with Crippen LogP contribution in [0.1, 0.15) is 24.2 Å². The van der Waals surface area contributed by atoms with Gasteiger partial charge in [0, 0.05) is 5.56 Å². The average Bonchev–Trinajstić information content (AvgIpc) is 2.75. The van der Waals surface area contributed by atoms with Gasteiger partial charge in [-0.2, -0.15) is 0 Å². The molecule has 0 radical (unpaired) electrons. The fraction of sp³-hybridized carbons (Fsp3) is 0.333. The molecule has 1 aromatic carbocycles. The summed E-state index contributed by atoms with van der Waals surface area (Å²) < 4.78 is 10.3. The van der Waals surface area contributed by atoms with Crippen LogP contribution in [-0.2, 0) is 4.79 Å². The third-order valence-electron chi connectivity index (χ3n) is 2.37. The first-order valence-electron chi connectivity index (χ1n) is 5.20. The molecule has 1 aromatic rings. The lowest BCUT2D eigenvalue weighted by atomic mass is 10.1. The number of fused-ring (bicyclic) bond motifs is 1. The molecule has 0 aliphatic carbocycles. The second kappa shape index (κ2) is 4.08. The Labute approximate surface area is 98.7 Å². The van der Waals surface area contributed by atoms with Gasteiger partial charge in [0.25, 0.3) is 5.91 Å². The highest BCUT2D eigenvalue weighted by Crippen LogP contribution is 2.32. The van der Waals surface area contributed by atoms with Crippen LogP contribution in [-0.4, -0.2) is 24.5 Å². The maximum Gasteiger partial charge on any atom is 0.252 e. The normalized spacial score (nSPS) is 13.3. The van der Waals surface area contributed by atoms with E-state index in [1.165, 1.54) is 0 Å². The molecule has 0 aromatic heterocycles. The van der Waals surface area contributed by atoms with Gasteiger partial charge in [-0.3, -0.25) is 4.79 Å². The van der Waals surface area contributed by atoms with Gasteiger partial charge in [0.2, 0.25) is 6.79 Å². The molecule has 0 bridgehead atoms. The van der Waals surface area contributed by atoms with E-state index in [2.05, 4.69) is 5.32 Å². The largest absolute Gasteiger partial charge is 0.454 e. The molecule has 0 spiro atoms. The SMILES string of the molecule is CC(C)(C=O)NC(=O)c1ccc2c(c1)OCO2. The van der Waals surface area contributed by atoms with Crippen molar-refractivity contribution in [3.63, 3.8) is 0 Å². The van der Waals surface area contributed by atoms with E-state index in [-0.39, 0.29) is 12.7 Å². The van der Waals surface area contributed by atoms with Crippen LogP contribution in [0.25, 0.3) is 0 Å². The summed E-state index contributed by atoms with van der Waals surface area (Å²) in [5.41, 5.74) is -0.447. The minimum Gasteiger partial charge on any atom is -0.454 e. The lowest BCUT2D eigenvalue weighted by Gasteiger charge is -2.18. The van der Waals surface area contributed by atoms with Crippen LogP contribution in [0.5, 0.6) is 11.5 Å². The Bertz CT molecular complexity index is 468. The van der Waals surface area contributed by atoms with Crippen molar-refractivity contribution in [3.8, 4) is 11.5 Å². The molecular formula is C12H13NO4. The number of carbonyl (C=O) groups excluding carboxylic acids is 2. The van der Waals surface area contributed by atoms with E-state index in [4.69, 9.17) is 9.47 Å². The van der Waals surface area contributed by atoms with Crippen molar-refractivity contribution >= 4 is 12.2 Å². The van der Waals surface area contributed by atoms with Crippen LogP contribution in [0.4, 0.5) is 0 Å². The summed E-state index contributed by atoms with van der Waals surface area (Å²) in [6.07, 6.45) is 0.692. The highest BCUT2D eigenvalue weighted by molar-refractivity contribution is 5.96. The first kappa shape index (κ1) is 11.4. The number of ether oxygens (including phenoxy) is 2.